The van der Waals surface area contributed by atoms with Gasteiger partial charge in [0.2, 0.25) is 5.88 Å². The van der Waals surface area contributed by atoms with E-state index in [-0.39, 0.29) is 0 Å². The molecule has 2 aromatic heterocycles. The average molecular weight is 234 g/mol. The summed E-state index contributed by atoms with van der Waals surface area (Å²) in [5.74, 6) is 2.03. The molecule has 6 heteroatoms. The molecule has 0 atom stereocenters. The van der Waals surface area contributed by atoms with Crippen molar-refractivity contribution in [2.45, 2.75) is 6.54 Å². The fourth-order valence-corrected chi connectivity index (χ4v) is 1.27. The molecule has 90 valence electrons. The van der Waals surface area contributed by atoms with Crippen LogP contribution in [0.2, 0.25) is 0 Å². The first kappa shape index (κ1) is 11.4. The van der Waals surface area contributed by atoms with E-state index in [1.807, 2.05) is 12.1 Å². The SMILES string of the molecule is NCCOc1cc(NCc2ccco2)ncn1. The predicted octanol–water partition coefficient (Wildman–Crippen LogP) is 1.02. The second kappa shape index (κ2) is 5.86. The summed E-state index contributed by atoms with van der Waals surface area (Å²) in [4.78, 5) is 8.04. The van der Waals surface area contributed by atoms with E-state index in [0.29, 0.717) is 31.4 Å². The molecule has 0 unspecified atom stereocenters. The Bertz CT molecular complexity index is 444. The largest absolute Gasteiger partial charge is 0.476 e. The highest BCUT2D eigenvalue weighted by molar-refractivity contribution is 5.37. The van der Waals surface area contributed by atoms with Crippen LogP contribution in [0.15, 0.2) is 35.2 Å². The maximum Gasteiger partial charge on any atom is 0.218 e. The summed E-state index contributed by atoms with van der Waals surface area (Å²) in [7, 11) is 0. The number of rotatable bonds is 6. The topological polar surface area (TPSA) is 86.2 Å². The fourth-order valence-electron chi connectivity index (χ4n) is 1.27. The normalized spacial score (nSPS) is 10.2. The van der Waals surface area contributed by atoms with E-state index in [1.54, 1.807) is 12.3 Å². The number of hydrogen-bond donors (Lipinski definition) is 2. The van der Waals surface area contributed by atoms with Gasteiger partial charge < -0.3 is 20.2 Å². The van der Waals surface area contributed by atoms with Crippen molar-refractivity contribution in [3.8, 4) is 5.88 Å². The predicted molar refractivity (Wildman–Crippen MR) is 62.6 cm³/mol. The third kappa shape index (κ3) is 3.46. The molecule has 2 rings (SSSR count). The Morgan fingerprint density at radius 2 is 2.35 bits per heavy atom. The highest BCUT2D eigenvalue weighted by atomic mass is 16.5. The summed E-state index contributed by atoms with van der Waals surface area (Å²) in [5.41, 5.74) is 5.34. The number of hydrogen-bond acceptors (Lipinski definition) is 6. The van der Waals surface area contributed by atoms with Crippen molar-refractivity contribution in [2.24, 2.45) is 5.73 Å². The van der Waals surface area contributed by atoms with E-state index >= 15 is 0 Å². The van der Waals surface area contributed by atoms with Crippen LogP contribution < -0.4 is 15.8 Å². The number of nitrogens with zero attached hydrogens (tertiary/aromatic N) is 2. The van der Waals surface area contributed by atoms with E-state index in [1.165, 1.54) is 6.33 Å². The first-order valence-corrected chi connectivity index (χ1v) is 5.29. The average Bonchev–Trinajstić information content (AvgIpc) is 2.87. The van der Waals surface area contributed by atoms with Crippen molar-refractivity contribution < 1.29 is 9.15 Å². The minimum Gasteiger partial charge on any atom is -0.476 e. The number of nitrogens with two attached hydrogens (primary N) is 1. The molecule has 0 radical (unpaired) electrons. The molecule has 0 aliphatic heterocycles. The van der Waals surface area contributed by atoms with Crippen molar-refractivity contribution in [1.29, 1.82) is 0 Å². The molecule has 0 spiro atoms. The van der Waals surface area contributed by atoms with E-state index in [0.717, 1.165) is 5.76 Å². The Balaban J connectivity index is 1.91. The lowest BCUT2D eigenvalue weighted by molar-refractivity contribution is 0.315. The molecule has 6 nitrogen and oxygen atoms in total. The standard InChI is InChI=1S/C11H14N4O2/c12-3-5-17-11-6-10(14-8-15-11)13-7-9-2-1-4-16-9/h1-2,4,6,8H,3,5,7,12H2,(H,13,14,15). The third-order valence-corrected chi connectivity index (χ3v) is 2.03. The number of anilines is 1. The maximum absolute atomic E-state index is 5.34. The first-order chi connectivity index (χ1) is 8.38. The van der Waals surface area contributed by atoms with Gasteiger partial charge in [0.25, 0.3) is 0 Å². The van der Waals surface area contributed by atoms with Crippen LogP contribution in [0.1, 0.15) is 5.76 Å². The van der Waals surface area contributed by atoms with Crippen molar-refractivity contribution in [2.75, 3.05) is 18.5 Å². The van der Waals surface area contributed by atoms with Crippen LogP contribution in [0.4, 0.5) is 5.82 Å². The molecule has 0 bridgehead atoms. The highest BCUT2D eigenvalue weighted by Crippen LogP contribution is 2.12. The van der Waals surface area contributed by atoms with Crippen LogP contribution in [0.25, 0.3) is 0 Å². The third-order valence-electron chi connectivity index (χ3n) is 2.03. The van der Waals surface area contributed by atoms with Gasteiger partial charge in [-0.1, -0.05) is 0 Å². The molecule has 3 N–H and O–H groups in total. The Hall–Kier alpha value is -2.08. The minimum atomic E-state index is 0.439. The number of nitrogens with one attached hydrogen (secondary N) is 1. The van der Waals surface area contributed by atoms with Crippen LogP contribution in [0, 0.1) is 0 Å². The van der Waals surface area contributed by atoms with Crippen molar-refractivity contribution >= 4 is 5.82 Å². The number of aromatic nitrogens is 2. The Labute approximate surface area is 98.8 Å². The first-order valence-electron chi connectivity index (χ1n) is 5.29. The van der Waals surface area contributed by atoms with Crippen molar-refractivity contribution in [3.05, 3.63) is 36.5 Å². The lowest BCUT2D eigenvalue weighted by Gasteiger charge is -2.06. The Morgan fingerprint density at radius 3 is 3.12 bits per heavy atom. The summed E-state index contributed by atoms with van der Waals surface area (Å²) in [5, 5.41) is 3.11. The molecule has 0 saturated carbocycles. The monoisotopic (exact) mass is 234 g/mol. The molecule has 0 amide bonds. The van der Waals surface area contributed by atoms with E-state index in [2.05, 4.69) is 15.3 Å². The fraction of sp³-hybridized carbons (Fsp3) is 0.273. The Morgan fingerprint density at radius 1 is 1.41 bits per heavy atom. The van der Waals surface area contributed by atoms with E-state index < -0.39 is 0 Å². The summed E-state index contributed by atoms with van der Waals surface area (Å²) in [6.45, 7) is 1.47. The van der Waals surface area contributed by atoms with Gasteiger partial charge in [-0.15, -0.1) is 0 Å². The lowest BCUT2D eigenvalue weighted by Crippen LogP contribution is -2.11. The molecule has 0 aliphatic carbocycles. The van der Waals surface area contributed by atoms with Gasteiger partial charge in [-0.25, -0.2) is 9.97 Å². The van der Waals surface area contributed by atoms with Gasteiger partial charge in [0.15, 0.2) is 0 Å². The minimum absolute atomic E-state index is 0.439. The summed E-state index contributed by atoms with van der Waals surface area (Å²) < 4.78 is 10.5. The maximum atomic E-state index is 5.34. The molecule has 0 aliphatic rings. The van der Waals surface area contributed by atoms with Gasteiger partial charge in [-0.2, -0.15) is 0 Å². The second-order valence-corrected chi connectivity index (χ2v) is 3.31. The zero-order valence-electron chi connectivity index (χ0n) is 9.30. The number of furan rings is 1. The molecule has 17 heavy (non-hydrogen) atoms. The summed E-state index contributed by atoms with van der Waals surface area (Å²) in [6.07, 6.45) is 3.07. The molecule has 0 fully saturated rings. The van der Waals surface area contributed by atoms with Crippen LogP contribution >= 0.6 is 0 Å². The van der Waals surface area contributed by atoms with Gasteiger partial charge in [0.05, 0.1) is 12.8 Å². The van der Waals surface area contributed by atoms with Gasteiger partial charge in [-0.05, 0) is 12.1 Å². The summed E-state index contributed by atoms with van der Waals surface area (Å²) in [6, 6.07) is 5.45. The number of ether oxygens (including phenoxy) is 1. The zero-order valence-corrected chi connectivity index (χ0v) is 9.30. The van der Waals surface area contributed by atoms with E-state index in [9.17, 15) is 0 Å². The quantitative estimate of drug-likeness (QED) is 0.776. The molecule has 0 aromatic carbocycles. The molecular weight excluding hydrogens is 220 g/mol. The second-order valence-electron chi connectivity index (χ2n) is 3.31. The summed E-state index contributed by atoms with van der Waals surface area (Å²) >= 11 is 0. The van der Waals surface area contributed by atoms with Gasteiger partial charge in [0, 0.05) is 12.6 Å². The van der Waals surface area contributed by atoms with Gasteiger partial charge >= 0.3 is 0 Å². The van der Waals surface area contributed by atoms with Gasteiger partial charge in [-0.3, -0.25) is 0 Å². The van der Waals surface area contributed by atoms with Crippen molar-refractivity contribution in [3.63, 3.8) is 0 Å². The van der Waals surface area contributed by atoms with Gasteiger partial charge in [0.1, 0.15) is 24.5 Å². The van der Waals surface area contributed by atoms with Crippen LogP contribution in [0.3, 0.4) is 0 Å². The van der Waals surface area contributed by atoms with Crippen LogP contribution in [0.5, 0.6) is 5.88 Å². The molecule has 2 heterocycles. The zero-order chi connectivity index (χ0) is 11.9. The lowest BCUT2D eigenvalue weighted by atomic mass is 10.4. The van der Waals surface area contributed by atoms with Crippen LogP contribution in [-0.4, -0.2) is 23.1 Å². The van der Waals surface area contributed by atoms with Crippen molar-refractivity contribution in [1.82, 2.24) is 9.97 Å². The van der Waals surface area contributed by atoms with E-state index in [4.69, 9.17) is 14.9 Å². The molecule has 0 saturated heterocycles. The Kier molecular flexibility index (Phi) is 3.93. The highest BCUT2D eigenvalue weighted by Gasteiger charge is 2.00. The molecular formula is C11H14N4O2. The van der Waals surface area contributed by atoms with Crippen LogP contribution in [-0.2, 0) is 6.54 Å². The smallest absolute Gasteiger partial charge is 0.218 e. The molecule has 2 aromatic rings.